The third-order valence-electron chi connectivity index (χ3n) is 1.18. The van der Waals surface area contributed by atoms with Gasteiger partial charge in [0.1, 0.15) is 12.2 Å². The Kier molecular flexibility index (Phi) is 8.40. The molecule has 0 saturated heterocycles. The minimum atomic E-state index is -0.467. The fourth-order valence-corrected chi connectivity index (χ4v) is 1.13. The number of ether oxygens (including phenoxy) is 1. The predicted molar refractivity (Wildman–Crippen MR) is 54.1 cm³/mol. The second-order valence-corrected chi connectivity index (χ2v) is 3.19. The van der Waals surface area contributed by atoms with Crippen molar-refractivity contribution >= 4 is 31.9 Å². The van der Waals surface area contributed by atoms with Crippen LogP contribution in [0.25, 0.3) is 0 Å². The molecule has 0 saturated carbocycles. The first-order chi connectivity index (χ1) is 6.20. The van der Waals surface area contributed by atoms with Gasteiger partial charge < -0.3 is 8.92 Å². The quantitative estimate of drug-likeness (QED) is 0.215. The van der Waals surface area contributed by atoms with Crippen LogP contribution in [-0.4, -0.2) is 25.0 Å². The highest BCUT2D eigenvalue weighted by atomic mass is 32.7. The lowest BCUT2D eigenvalue weighted by Gasteiger charge is -2.00. The number of esters is 1. The summed E-state index contributed by atoms with van der Waals surface area (Å²) in [6, 6.07) is 0. The molecule has 0 aromatic carbocycles. The summed E-state index contributed by atoms with van der Waals surface area (Å²) in [5, 5.41) is 0. The average Bonchev–Trinajstić information content (AvgIpc) is 2.05. The number of hydrogen-bond donors (Lipinski definition) is 0. The average molecular weight is 224 g/mol. The molecule has 0 fully saturated rings. The standard InChI is InChI=1S/C7H13O4PS/c1-2-10-7(9)5-6(8)3-4-11-13-12/h2-5,12H2,1H3. The summed E-state index contributed by atoms with van der Waals surface area (Å²) < 4.78 is 9.46. The molecule has 0 spiro atoms. The van der Waals surface area contributed by atoms with Crippen LogP contribution >= 0.6 is 20.1 Å². The molecule has 4 nitrogen and oxygen atoms in total. The molecule has 0 aliphatic heterocycles. The van der Waals surface area contributed by atoms with Gasteiger partial charge in [-0.1, -0.05) is 0 Å². The third kappa shape index (κ3) is 8.22. The normalized spacial score (nSPS) is 9.69. The van der Waals surface area contributed by atoms with E-state index in [0.29, 0.717) is 13.2 Å². The Morgan fingerprint density at radius 3 is 2.69 bits per heavy atom. The van der Waals surface area contributed by atoms with Gasteiger partial charge in [-0.3, -0.25) is 9.59 Å². The first kappa shape index (κ1) is 12.9. The van der Waals surface area contributed by atoms with E-state index < -0.39 is 5.97 Å². The SMILES string of the molecule is CCOC(=O)CC(=O)CCOSP. The van der Waals surface area contributed by atoms with Gasteiger partial charge in [0.25, 0.3) is 0 Å². The molecule has 1 unspecified atom stereocenters. The second-order valence-electron chi connectivity index (χ2n) is 2.19. The highest BCUT2D eigenvalue weighted by Crippen LogP contribution is 2.11. The van der Waals surface area contributed by atoms with Crippen LogP contribution in [0.5, 0.6) is 0 Å². The van der Waals surface area contributed by atoms with E-state index in [2.05, 4.69) is 13.2 Å². The zero-order valence-corrected chi connectivity index (χ0v) is 9.42. The maximum absolute atomic E-state index is 11.0. The van der Waals surface area contributed by atoms with Gasteiger partial charge in [-0.25, -0.2) is 0 Å². The van der Waals surface area contributed by atoms with Crippen molar-refractivity contribution in [3.8, 4) is 0 Å². The summed E-state index contributed by atoms with van der Waals surface area (Å²) >= 11 is 1.12. The Balaban J connectivity index is 3.44. The van der Waals surface area contributed by atoms with Crippen molar-refractivity contribution in [1.82, 2.24) is 0 Å². The number of ketones is 1. The number of carbonyl (C=O) groups excluding carboxylic acids is 2. The Morgan fingerprint density at radius 1 is 1.46 bits per heavy atom. The lowest BCUT2D eigenvalue weighted by Crippen LogP contribution is -2.12. The first-order valence-corrected chi connectivity index (χ1v) is 6.08. The van der Waals surface area contributed by atoms with Gasteiger partial charge in [0.05, 0.1) is 13.2 Å². The van der Waals surface area contributed by atoms with Crippen molar-refractivity contribution in [3.05, 3.63) is 0 Å². The molecule has 0 aromatic heterocycles. The minimum absolute atomic E-state index is 0.154. The molecule has 6 heteroatoms. The number of carbonyl (C=O) groups is 2. The lowest BCUT2D eigenvalue weighted by atomic mass is 10.2. The highest BCUT2D eigenvalue weighted by Gasteiger charge is 2.09. The molecule has 0 bridgehead atoms. The topological polar surface area (TPSA) is 52.6 Å². The number of Topliss-reactive ketones (excluding diaryl/α,β-unsaturated/α-hetero) is 1. The van der Waals surface area contributed by atoms with Gasteiger partial charge >= 0.3 is 5.97 Å². The molecule has 0 aromatic rings. The van der Waals surface area contributed by atoms with Crippen LogP contribution in [0.3, 0.4) is 0 Å². The predicted octanol–water partition coefficient (Wildman–Crippen LogP) is 1.35. The van der Waals surface area contributed by atoms with E-state index in [-0.39, 0.29) is 18.6 Å². The Labute approximate surface area is 83.9 Å². The molecule has 0 N–H and O–H groups in total. The van der Waals surface area contributed by atoms with Crippen LogP contribution in [0, 0.1) is 0 Å². The smallest absolute Gasteiger partial charge is 0.313 e. The minimum Gasteiger partial charge on any atom is -0.466 e. The monoisotopic (exact) mass is 224 g/mol. The van der Waals surface area contributed by atoms with Crippen molar-refractivity contribution < 1.29 is 18.5 Å². The summed E-state index contributed by atoms with van der Waals surface area (Å²) in [7, 11) is 2.30. The first-order valence-electron chi connectivity index (χ1n) is 3.86. The fraction of sp³-hybridized carbons (Fsp3) is 0.714. The van der Waals surface area contributed by atoms with E-state index in [4.69, 9.17) is 4.18 Å². The molecular formula is C7H13O4PS. The van der Waals surface area contributed by atoms with Crippen molar-refractivity contribution in [2.45, 2.75) is 19.8 Å². The van der Waals surface area contributed by atoms with Crippen LogP contribution in [0.2, 0.25) is 0 Å². The van der Waals surface area contributed by atoms with Crippen LogP contribution < -0.4 is 0 Å². The van der Waals surface area contributed by atoms with E-state index in [1.807, 2.05) is 0 Å². The molecular weight excluding hydrogens is 211 g/mol. The van der Waals surface area contributed by atoms with E-state index in [0.717, 1.165) is 11.7 Å². The summed E-state index contributed by atoms with van der Waals surface area (Å²) in [6.07, 6.45) is 0.0962. The summed E-state index contributed by atoms with van der Waals surface area (Å²) in [5.41, 5.74) is 0. The maximum atomic E-state index is 11.0. The van der Waals surface area contributed by atoms with E-state index in [1.165, 1.54) is 0 Å². The Morgan fingerprint density at radius 2 is 2.15 bits per heavy atom. The fourth-order valence-electron chi connectivity index (χ4n) is 0.665. The highest BCUT2D eigenvalue weighted by molar-refractivity contribution is 8.40. The molecule has 13 heavy (non-hydrogen) atoms. The van der Waals surface area contributed by atoms with Crippen molar-refractivity contribution in [1.29, 1.82) is 0 Å². The van der Waals surface area contributed by atoms with Crippen molar-refractivity contribution in [2.24, 2.45) is 0 Å². The largest absolute Gasteiger partial charge is 0.466 e. The molecule has 0 amide bonds. The van der Waals surface area contributed by atoms with Crippen LogP contribution in [-0.2, 0) is 18.5 Å². The van der Waals surface area contributed by atoms with Gasteiger partial charge in [0, 0.05) is 18.1 Å². The maximum Gasteiger partial charge on any atom is 0.313 e. The van der Waals surface area contributed by atoms with Crippen molar-refractivity contribution in [3.63, 3.8) is 0 Å². The third-order valence-corrected chi connectivity index (χ3v) is 1.89. The van der Waals surface area contributed by atoms with Crippen molar-refractivity contribution in [2.75, 3.05) is 13.2 Å². The summed E-state index contributed by atoms with van der Waals surface area (Å²) in [4.78, 5) is 21.8. The number of hydrogen-bond acceptors (Lipinski definition) is 5. The lowest BCUT2D eigenvalue weighted by molar-refractivity contribution is -0.145. The van der Waals surface area contributed by atoms with Gasteiger partial charge in [-0.05, 0) is 15.4 Å². The molecule has 0 radical (unpaired) electrons. The van der Waals surface area contributed by atoms with E-state index in [1.54, 1.807) is 6.92 Å². The Bertz CT molecular complexity index is 174. The number of rotatable bonds is 7. The second kappa shape index (κ2) is 8.48. The zero-order chi connectivity index (χ0) is 10.1. The Hall–Kier alpha value is -0.120. The molecule has 0 heterocycles. The van der Waals surface area contributed by atoms with Gasteiger partial charge in [-0.15, -0.1) is 0 Å². The van der Waals surface area contributed by atoms with Crippen LogP contribution in [0.4, 0.5) is 0 Å². The summed E-state index contributed by atoms with van der Waals surface area (Å²) in [6.45, 7) is 2.34. The molecule has 0 aliphatic rings. The molecule has 0 aliphatic carbocycles. The molecule has 0 rings (SSSR count). The van der Waals surface area contributed by atoms with Gasteiger partial charge in [-0.2, -0.15) is 0 Å². The molecule has 76 valence electrons. The van der Waals surface area contributed by atoms with Crippen LogP contribution in [0.15, 0.2) is 0 Å². The van der Waals surface area contributed by atoms with E-state index >= 15 is 0 Å². The molecule has 1 atom stereocenters. The summed E-state index contributed by atoms with van der Waals surface area (Å²) in [5.74, 6) is -0.622. The van der Waals surface area contributed by atoms with Crippen LogP contribution in [0.1, 0.15) is 19.8 Å². The van der Waals surface area contributed by atoms with E-state index in [9.17, 15) is 9.59 Å². The van der Waals surface area contributed by atoms with Gasteiger partial charge in [0.2, 0.25) is 0 Å². The van der Waals surface area contributed by atoms with Gasteiger partial charge in [0.15, 0.2) is 0 Å². The zero-order valence-electron chi connectivity index (χ0n) is 7.45.